The molecule has 0 heterocycles. The Morgan fingerprint density at radius 2 is 1.48 bits per heavy atom. The molecule has 9 N–H and O–H groups in total. The van der Waals surface area contributed by atoms with Gasteiger partial charge in [0.25, 0.3) is 0 Å². The molecule has 0 saturated heterocycles. The van der Waals surface area contributed by atoms with Gasteiger partial charge in [-0.15, -0.1) is 0 Å². The summed E-state index contributed by atoms with van der Waals surface area (Å²) < 4.78 is 0. The maximum atomic E-state index is 12.6. The van der Waals surface area contributed by atoms with Gasteiger partial charge in [-0.1, -0.05) is 0 Å². The second-order valence-electron chi connectivity index (χ2n) is 6.41. The lowest BCUT2D eigenvalue weighted by Crippen LogP contribution is -2.58. The molecule has 4 amide bonds. The predicted molar refractivity (Wildman–Crippen MR) is 106 cm³/mol. The number of nitrogens with two attached hydrogens (primary N) is 2. The Balaban J connectivity index is 5.33. The fourth-order valence-corrected chi connectivity index (χ4v) is 2.52. The molecule has 0 fully saturated rings. The topological polar surface area (TPSA) is 214 Å². The van der Waals surface area contributed by atoms with Crippen molar-refractivity contribution in [1.29, 1.82) is 0 Å². The summed E-state index contributed by atoms with van der Waals surface area (Å²) in [7, 11) is 0. The molecule has 0 bridgehead atoms. The number of aliphatic carboxylic acids is 1. The van der Waals surface area contributed by atoms with Gasteiger partial charge in [0, 0.05) is 0 Å². The number of thioether (sulfide) groups is 1. The zero-order valence-corrected chi connectivity index (χ0v) is 17.3. The summed E-state index contributed by atoms with van der Waals surface area (Å²) in [5.41, 5.74) is 10.7. The Hall–Kier alpha value is -2.38. The molecule has 12 nitrogen and oxygen atoms in total. The SMILES string of the molecule is CSCCC(NC(=O)C(N)C(C)O)C(=O)NC(CC(N)=O)C(=O)NC(C)C(=O)O. The molecule has 166 valence electrons. The Morgan fingerprint density at radius 3 is 1.93 bits per heavy atom. The number of aliphatic hydroxyl groups is 1. The van der Waals surface area contributed by atoms with E-state index in [1.165, 1.54) is 25.6 Å². The highest BCUT2D eigenvalue weighted by Gasteiger charge is 2.30. The fourth-order valence-electron chi connectivity index (χ4n) is 2.05. The number of aliphatic hydroxyl groups excluding tert-OH is 1. The molecule has 13 heteroatoms. The summed E-state index contributed by atoms with van der Waals surface area (Å²) in [4.78, 5) is 59.1. The normalized spacial score (nSPS) is 15.9. The van der Waals surface area contributed by atoms with E-state index in [-0.39, 0.29) is 6.42 Å². The van der Waals surface area contributed by atoms with Crippen molar-refractivity contribution in [3.05, 3.63) is 0 Å². The third kappa shape index (κ3) is 10.1. The molecule has 5 unspecified atom stereocenters. The summed E-state index contributed by atoms with van der Waals surface area (Å²) in [5, 5.41) is 25.1. The molecule has 0 spiro atoms. The Bertz CT molecular complexity index is 616. The van der Waals surface area contributed by atoms with Gasteiger partial charge < -0.3 is 37.6 Å². The van der Waals surface area contributed by atoms with E-state index in [1.54, 1.807) is 6.26 Å². The van der Waals surface area contributed by atoms with Gasteiger partial charge in [0.1, 0.15) is 24.2 Å². The molecular formula is C16H29N5O7S. The van der Waals surface area contributed by atoms with Crippen LogP contribution in [0.2, 0.25) is 0 Å². The van der Waals surface area contributed by atoms with Crippen LogP contribution in [0.3, 0.4) is 0 Å². The van der Waals surface area contributed by atoms with Crippen molar-refractivity contribution in [1.82, 2.24) is 16.0 Å². The third-order valence-electron chi connectivity index (χ3n) is 3.83. The van der Waals surface area contributed by atoms with Crippen molar-refractivity contribution in [2.24, 2.45) is 11.5 Å². The van der Waals surface area contributed by atoms with Gasteiger partial charge in [-0.05, 0) is 32.3 Å². The van der Waals surface area contributed by atoms with Gasteiger partial charge in [-0.3, -0.25) is 24.0 Å². The van der Waals surface area contributed by atoms with E-state index in [0.29, 0.717) is 5.75 Å². The van der Waals surface area contributed by atoms with E-state index in [4.69, 9.17) is 16.6 Å². The number of carboxylic acid groups (broad SMARTS) is 1. The average Bonchev–Trinajstić information content (AvgIpc) is 2.62. The molecule has 0 aliphatic rings. The minimum absolute atomic E-state index is 0.182. The number of carboxylic acids is 1. The standard InChI is InChI=1S/C16H29N5O7S/c1-7(16(27)28)19-14(25)10(6-11(17)23)21-13(24)9(4-5-29-3)20-15(26)12(18)8(2)22/h7-10,12,22H,4-6,18H2,1-3H3,(H2,17,23)(H,19,25)(H,20,26)(H,21,24)(H,27,28). The number of hydrogen-bond donors (Lipinski definition) is 7. The van der Waals surface area contributed by atoms with E-state index in [1.807, 2.05) is 0 Å². The van der Waals surface area contributed by atoms with Crippen molar-refractivity contribution >= 4 is 41.4 Å². The zero-order chi connectivity index (χ0) is 22.7. The minimum atomic E-state index is -1.43. The van der Waals surface area contributed by atoms with Crippen molar-refractivity contribution in [3.8, 4) is 0 Å². The van der Waals surface area contributed by atoms with E-state index < -0.39 is 66.3 Å². The Morgan fingerprint density at radius 1 is 0.966 bits per heavy atom. The van der Waals surface area contributed by atoms with Crippen LogP contribution in [0.5, 0.6) is 0 Å². The number of primary amides is 1. The van der Waals surface area contributed by atoms with Crippen LogP contribution in [-0.4, -0.2) is 82.1 Å². The summed E-state index contributed by atoms with van der Waals surface area (Å²) >= 11 is 1.41. The molecule has 0 aliphatic carbocycles. The lowest BCUT2D eigenvalue weighted by Gasteiger charge is -2.24. The van der Waals surface area contributed by atoms with Gasteiger partial charge in [0.15, 0.2) is 0 Å². The van der Waals surface area contributed by atoms with E-state index in [0.717, 1.165) is 0 Å². The second-order valence-corrected chi connectivity index (χ2v) is 7.39. The first-order chi connectivity index (χ1) is 13.4. The highest BCUT2D eigenvalue weighted by Crippen LogP contribution is 2.04. The summed E-state index contributed by atoms with van der Waals surface area (Å²) in [6, 6.07) is -5.05. The van der Waals surface area contributed by atoms with Crippen molar-refractivity contribution in [2.45, 2.75) is 57.0 Å². The molecule has 0 saturated carbocycles. The van der Waals surface area contributed by atoms with Gasteiger partial charge >= 0.3 is 5.97 Å². The molecule has 0 aromatic heterocycles. The van der Waals surface area contributed by atoms with Crippen molar-refractivity contribution in [3.63, 3.8) is 0 Å². The number of rotatable bonds is 13. The Kier molecular flexibility index (Phi) is 11.9. The van der Waals surface area contributed by atoms with Gasteiger partial charge in [-0.25, -0.2) is 0 Å². The highest BCUT2D eigenvalue weighted by molar-refractivity contribution is 7.98. The van der Waals surface area contributed by atoms with Gasteiger partial charge in [0.2, 0.25) is 23.6 Å². The van der Waals surface area contributed by atoms with Crippen LogP contribution in [0.1, 0.15) is 26.7 Å². The average molecular weight is 436 g/mol. The van der Waals surface area contributed by atoms with Crippen molar-refractivity contribution in [2.75, 3.05) is 12.0 Å². The van der Waals surface area contributed by atoms with Crippen LogP contribution in [-0.2, 0) is 24.0 Å². The van der Waals surface area contributed by atoms with Crippen molar-refractivity contribution < 1.29 is 34.2 Å². The van der Waals surface area contributed by atoms with Crippen LogP contribution >= 0.6 is 11.8 Å². The largest absolute Gasteiger partial charge is 0.480 e. The third-order valence-corrected chi connectivity index (χ3v) is 4.48. The molecule has 5 atom stereocenters. The van der Waals surface area contributed by atoms with Gasteiger partial charge in [0.05, 0.1) is 12.5 Å². The smallest absolute Gasteiger partial charge is 0.325 e. The molecule has 0 rings (SSSR count). The van der Waals surface area contributed by atoms with Gasteiger partial charge in [-0.2, -0.15) is 11.8 Å². The maximum Gasteiger partial charge on any atom is 0.325 e. The Labute approximate surface area is 172 Å². The van der Waals surface area contributed by atoms with E-state index in [9.17, 15) is 29.1 Å². The zero-order valence-electron chi connectivity index (χ0n) is 16.5. The first-order valence-corrected chi connectivity index (χ1v) is 10.1. The molecule has 0 aromatic carbocycles. The van der Waals surface area contributed by atoms with E-state index in [2.05, 4.69) is 16.0 Å². The number of amides is 4. The lowest BCUT2D eigenvalue weighted by molar-refractivity contribution is -0.142. The minimum Gasteiger partial charge on any atom is -0.480 e. The predicted octanol–water partition coefficient (Wildman–Crippen LogP) is -3.12. The fraction of sp³-hybridized carbons (Fsp3) is 0.688. The van der Waals surface area contributed by atoms with Crippen LogP contribution in [0.25, 0.3) is 0 Å². The molecule has 0 aliphatic heterocycles. The lowest BCUT2D eigenvalue weighted by atomic mass is 10.1. The van der Waals surface area contributed by atoms with Crippen LogP contribution in [0, 0.1) is 0 Å². The summed E-state index contributed by atoms with van der Waals surface area (Å²) in [5.74, 6) is -4.19. The molecule has 0 aromatic rings. The van der Waals surface area contributed by atoms with Crippen LogP contribution in [0.15, 0.2) is 0 Å². The first-order valence-electron chi connectivity index (χ1n) is 8.75. The first kappa shape index (κ1) is 26.6. The number of carbonyl (C=O) groups excluding carboxylic acids is 4. The quantitative estimate of drug-likeness (QED) is 0.155. The molecular weight excluding hydrogens is 406 g/mol. The van der Waals surface area contributed by atoms with Crippen LogP contribution in [0.4, 0.5) is 0 Å². The highest BCUT2D eigenvalue weighted by atomic mass is 32.2. The summed E-state index contributed by atoms with van der Waals surface area (Å²) in [6.45, 7) is 2.53. The summed E-state index contributed by atoms with van der Waals surface area (Å²) in [6.07, 6.45) is 0.252. The maximum absolute atomic E-state index is 12.6. The molecule has 0 radical (unpaired) electrons. The van der Waals surface area contributed by atoms with Crippen LogP contribution < -0.4 is 27.4 Å². The van der Waals surface area contributed by atoms with E-state index >= 15 is 0 Å². The number of carbonyl (C=O) groups is 5. The monoisotopic (exact) mass is 435 g/mol. The number of hydrogen-bond acceptors (Lipinski definition) is 8. The number of nitrogens with one attached hydrogen (secondary N) is 3. The second kappa shape index (κ2) is 13.0. The molecule has 29 heavy (non-hydrogen) atoms.